The Morgan fingerprint density at radius 3 is 2.69 bits per heavy atom. The first kappa shape index (κ1) is 11.9. The number of ether oxygens (including phenoxy) is 1. The molecule has 2 rings (SSSR count). The summed E-state index contributed by atoms with van der Waals surface area (Å²) in [6, 6.07) is 0.235. The first-order valence-electron chi connectivity index (χ1n) is 6.31. The molecule has 2 unspecified atom stereocenters. The van der Waals surface area contributed by atoms with Crippen molar-refractivity contribution < 1.29 is 9.53 Å². The highest BCUT2D eigenvalue weighted by Crippen LogP contribution is 2.20. The molecule has 2 atom stereocenters. The Morgan fingerprint density at radius 2 is 2.00 bits per heavy atom. The lowest BCUT2D eigenvalue weighted by atomic mass is 9.95. The van der Waals surface area contributed by atoms with Crippen molar-refractivity contribution in [2.24, 2.45) is 5.92 Å². The molecule has 0 aromatic rings. The molecule has 2 aliphatic heterocycles. The largest absolute Gasteiger partial charge is 0.375 e. The van der Waals surface area contributed by atoms with Crippen molar-refractivity contribution in [2.45, 2.75) is 38.8 Å². The Labute approximate surface area is 97.3 Å². The number of nitrogens with one attached hydrogen (secondary N) is 1. The second-order valence-corrected chi connectivity index (χ2v) is 5.01. The number of piperidine rings is 1. The van der Waals surface area contributed by atoms with Crippen LogP contribution < -0.4 is 5.32 Å². The molecule has 0 saturated carbocycles. The monoisotopic (exact) mass is 226 g/mol. The van der Waals surface area contributed by atoms with E-state index in [0.29, 0.717) is 12.5 Å². The maximum absolute atomic E-state index is 12.4. The molecular formula is C12H22N2O2. The molecule has 0 aromatic carbocycles. The first-order chi connectivity index (χ1) is 7.68. The normalized spacial score (nSPS) is 32.8. The predicted octanol–water partition coefficient (Wildman–Crippen LogP) is 0.622. The van der Waals surface area contributed by atoms with Crippen LogP contribution in [0.5, 0.6) is 0 Å². The SMILES string of the molecule is CC1CN(C(=O)C2CCNCC2)C(C)CO1. The van der Waals surface area contributed by atoms with Gasteiger partial charge >= 0.3 is 0 Å². The minimum absolute atomic E-state index is 0.182. The lowest BCUT2D eigenvalue weighted by Gasteiger charge is -2.39. The molecule has 2 fully saturated rings. The summed E-state index contributed by atoms with van der Waals surface area (Å²) in [4.78, 5) is 14.4. The van der Waals surface area contributed by atoms with Crippen molar-refractivity contribution in [3.63, 3.8) is 0 Å². The van der Waals surface area contributed by atoms with Crippen LogP contribution in [0.1, 0.15) is 26.7 Å². The zero-order chi connectivity index (χ0) is 11.5. The molecule has 92 valence electrons. The molecule has 4 nitrogen and oxygen atoms in total. The second-order valence-electron chi connectivity index (χ2n) is 5.01. The van der Waals surface area contributed by atoms with Gasteiger partial charge in [0.1, 0.15) is 0 Å². The van der Waals surface area contributed by atoms with Crippen molar-refractivity contribution in [1.82, 2.24) is 10.2 Å². The summed E-state index contributed by atoms with van der Waals surface area (Å²) >= 11 is 0. The summed E-state index contributed by atoms with van der Waals surface area (Å²) in [5, 5.41) is 3.30. The fourth-order valence-electron chi connectivity index (χ4n) is 2.51. The van der Waals surface area contributed by atoms with E-state index in [1.807, 2.05) is 11.8 Å². The molecule has 0 aromatic heterocycles. The molecule has 2 aliphatic rings. The van der Waals surface area contributed by atoms with Crippen LogP contribution in [-0.4, -0.2) is 49.2 Å². The predicted molar refractivity (Wildman–Crippen MR) is 62.2 cm³/mol. The van der Waals surface area contributed by atoms with Gasteiger partial charge in [-0.25, -0.2) is 0 Å². The first-order valence-corrected chi connectivity index (χ1v) is 6.31. The molecule has 0 radical (unpaired) electrons. The maximum atomic E-state index is 12.4. The van der Waals surface area contributed by atoms with Gasteiger partial charge in [-0.15, -0.1) is 0 Å². The van der Waals surface area contributed by atoms with Crippen LogP contribution in [0, 0.1) is 5.92 Å². The van der Waals surface area contributed by atoms with Gasteiger partial charge in [0, 0.05) is 12.5 Å². The lowest BCUT2D eigenvalue weighted by Crippen LogP contribution is -2.53. The molecule has 0 aliphatic carbocycles. The Morgan fingerprint density at radius 1 is 1.31 bits per heavy atom. The summed E-state index contributed by atoms with van der Waals surface area (Å²) in [6.45, 7) is 7.50. The van der Waals surface area contributed by atoms with Crippen LogP contribution in [0.3, 0.4) is 0 Å². The highest BCUT2D eigenvalue weighted by Gasteiger charge is 2.32. The summed E-state index contributed by atoms with van der Waals surface area (Å²) in [6.07, 6.45) is 2.15. The minimum Gasteiger partial charge on any atom is -0.375 e. The fraction of sp³-hybridized carbons (Fsp3) is 0.917. The molecule has 2 saturated heterocycles. The molecule has 1 amide bonds. The molecule has 2 heterocycles. The molecule has 1 N–H and O–H groups in total. The molecule has 4 heteroatoms. The van der Waals surface area contributed by atoms with E-state index in [4.69, 9.17) is 4.74 Å². The summed E-state index contributed by atoms with van der Waals surface area (Å²) in [7, 11) is 0. The van der Waals surface area contributed by atoms with Gasteiger partial charge in [-0.1, -0.05) is 0 Å². The van der Waals surface area contributed by atoms with E-state index < -0.39 is 0 Å². The lowest BCUT2D eigenvalue weighted by molar-refractivity contribution is -0.148. The van der Waals surface area contributed by atoms with Gasteiger partial charge in [-0.05, 0) is 39.8 Å². The number of hydrogen-bond acceptors (Lipinski definition) is 3. The van der Waals surface area contributed by atoms with Gasteiger partial charge in [0.05, 0.1) is 18.8 Å². The number of amides is 1. The number of rotatable bonds is 1. The average molecular weight is 226 g/mol. The van der Waals surface area contributed by atoms with E-state index in [-0.39, 0.29) is 18.1 Å². The zero-order valence-electron chi connectivity index (χ0n) is 10.2. The van der Waals surface area contributed by atoms with Crippen molar-refractivity contribution in [3.05, 3.63) is 0 Å². The van der Waals surface area contributed by atoms with Gasteiger partial charge in [0.15, 0.2) is 0 Å². The minimum atomic E-state index is 0.182. The van der Waals surface area contributed by atoms with Crippen molar-refractivity contribution >= 4 is 5.91 Å². The topological polar surface area (TPSA) is 41.6 Å². The third-order valence-corrected chi connectivity index (χ3v) is 3.58. The smallest absolute Gasteiger partial charge is 0.226 e. The van der Waals surface area contributed by atoms with E-state index in [1.54, 1.807) is 0 Å². The van der Waals surface area contributed by atoms with Gasteiger partial charge in [-0.2, -0.15) is 0 Å². The van der Waals surface area contributed by atoms with Crippen molar-refractivity contribution in [3.8, 4) is 0 Å². The van der Waals surface area contributed by atoms with E-state index in [2.05, 4.69) is 12.2 Å². The van der Waals surface area contributed by atoms with Crippen LogP contribution in [-0.2, 0) is 9.53 Å². The van der Waals surface area contributed by atoms with Gasteiger partial charge < -0.3 is 15.0 Å². The van der Waals surface area contributed by atoms with Crippen LogP contribution in [0.15, 0.2) is 0 Å². The van der Waals surface area contributed by atoms with Crippen molar-refractivity contribution in [2.75, 3.05) is 26.2 Å². The maximum Gasteiger partial charge on any atom is 0.226 e. The van der Waals surface area contributed by atoms with Crippen LogP contribution in [0.25, 0.3) is 0 Å². The number of morpholine rings is 1. The molecule has 16 heavy (non-hydrogen) atoms. The average Bonchev–Trinajstić information content (AvgIpc) is 2.32. The van der Waals surface area contributed by atoms with E-state index in [1.165, 1.54) is 0 Å². The Balaban J connectivity index is 1.96. The highest BCUT2D eigenvalue weighted by atomic mass is 16.5. The Hall–Kier alpha value is -0.610. The molecule has 0 bridgehead atoms. The fourth-order valence-corrected chi connectivity index (χ4v) is 2.51. The van der Waals surface area contributed by atoms with Gasteiger partial charge in [0.2, 0.25) is 5.91 Å². The van der Waals surface area contributed by atoms with Crippen LogP contribution >= 0.6 is 0 Å². The highest BCUT2D eigenvalue weighted by molar-refractivity contribution is 5.79. The number of nitrogens with zero attached hydrogens (tertiary/aromatic N) is 1. The van der Waals surface area contributed by atoms with E-state index >= 15 is 0 Å². The summed E-state index contributed by atoms with van der Waals surface area (Å²) in [5.41, 5.74) is 0. The van der Waals surface area contributed by atoms with Crippen LogP contribution in [0.2, 0.25) is 0 Å². The Bertz CT molecular complexity index is 251. The standard InChI is InChI=1S/C12H22N2O2/c1-9-8-16-10(2)7-14(9)12(15)11-3-5-13-6-4-11/h9-11,13H,3-8H2,1-2H3. The summed E-state index contributed by atoms with van der Waals surface area (Å²) in [5.74, 6) is 0.568. The third-order valence-electron chi connectivity index (χ3n) is 3.58. The number of carbonyl (C=O) groups is 1. The van der Waals surface area contributed by atoms with Gasteiger partial charge in [-0.3, -0.25) is 4.79 Å². The number of carbonyl (C=O) groups excluding carboxylic acids is 1. The molecular weight excluding hydrogens is 204 g/mol. The van der Waals surface area contributed by atoms with Gasteiger partial charge in [0.25, 0.3) is 0 Å². The third kappa shape index (κ3) is 2.55. The van der Waals surface area contributed by atoms with Crippen LogP contribution in [0.4, 0.5) is 0 Å². The number of hydrogen-bond donors (Lipinski definition) is 1. The summed E-state index contributed by atoms with van der Waals surface area (Å²) < 4.78 is 5.55. The zero-order valence-corrected chi connectivity index (χ0v) is 10.2. The quantitative estimate of drug-likeness (QED) is 0.713. The van der Waals surface area contributed by atoms with E-state index in [0.717, 1.165) is 32.5 Å². The Kier molecular flexibility index (Phi) is 3.82. The molecule has 0 spiro atoms. The van der Waals surface area contributed by atoms with E-state index in [9.17, 15) is 4.79 Å². The van der Waals surface area contributed by atoms with Crippen molar-refractivity contribution in [1.29, 1.82) is 0 Å². The second kappa shape index (κ2) is 5.15.